The first-order chi connectivity index (χ1) is 6.77. The summed E-state index contributed by atoms with van der Waals surface area (Å²) in [5, 5.41) is 0.943. The number of hydrogen-bond acceptors (Lipinski definition) is 2. The van der Waals surface area contributed by atoms with Gasteiger partial charge in [-0.15, -0.1) is 0 Å². The molecule has 76 valence electrons. The molecule has 0 N–H and O–H groups in total. The lowest BCUT2D eigenvalue weighted by Gasteiger charge is -2.06. The molecule has 1 aromatic carbocycles. The van der Waals surface area contributed by atoms with Crippen molar-refractivity contribution in [2.75, 3.05) is 11.9 Å². The van der Waals surface area contributed by atoms with Crippen molar-refractivity contribution in [3.8, 4) is 5.75 Å². The third-order valence-corrected chi connectivity index (χ3v) is 2.48. The minimum absolute atomic E-state index is 0.700. The molecule has 0 heterocycles. The fraction of sp³-hybridized carbons (Fsp3) is 0.364. The quantitative estimate of drug-likeness (QED) is 0.460. The Balaban J connectivity index is 2.62. The minimum atomic E-state index is 0.700. The second kappa shape index (κ2) is 5.81. The SMILES string of the molecule is Cc1cc(OCCCBr)ccc1C=O. The molecule has 0 bridgehead atoms. The van der Waals surface area contributed by atoms with Crippen molar-refractivity contribution in [2.24, 2.45) is 0 Å². The summed E-state index contributed by atoms with van der Waals surface area (Å²) in [6, 6.07) is 5.49. The molecule has 0 aliphatic carbocycles. The molecule has 0 amide bonds. The summed E-state index contributed by atoms with van der Waals surface area (Å²) in [7, 11) is 0. The van der Waals surface area contributed by atoms with Crippen LogP contribution < -0.4 is 4.74 Å². The second-order valence-corrected chi connectivity index (χ2v) is 3.82. The van der Waals surface area contributed by atoms with E-state index in [4.69, 9.17) is 4.74 Å². The third-order valence-electron chi connectivity index (χ3n) is 1.91. The van der Waals surface area contributed by atoms with Gasteiger partial charge in [0, 0.05) is 10.9 Å². The molecule has 0 unspecified atom stereocenters. The number of carbonyl (C=O) groups is 1. The number of aldehydes is 1. The Bertz CT molecular complexity index is 310. The zero-order valence-electron chi connectivity index (χ0n) is 8.13. The highest BCUT2D eigenvalue weighted by Gasteiger charge is 1.99. The fourth-order valence-electron chi connectivity index (χ4n) is 1.11. The van der Waals surface area contributed by atoms with E-state index in [1.165, 1.54) is 0 Å². The molecule has 0 spiro atoms. The van der Waals surface area contributed by atoms with Crippen molar-refractivity contribution in [2.45, 2.75) is 13.3 Å². The molecule has 0 fully saturated rings. The summed E-state index contributed by atoms with van der Waals surface area (Å²) < 4.78 is 5.48. The summed E-state index contributed by atoms with van der Waals surface area (Å²) in [5.74, 6) is 0.828. The van der Waals surface area contributed by atoms with E-state index in [0.29, 0.717) is 6.61 Å². The van der Waals surface area contributed by atoms with Crippen LogP contribution in [0.15, 0.2) is 18.2 Å². The lowest BCUT2D eigenvalue weighted by molar-refractivity contribution is 0.112. The molecule has 0 saturated heterocycles. The highest BCUT2D eigenvalue weighted by molar-refractivity contribution is 9.09. The average Bonchev–Trinajstić information content (AvgIpc) is 2.18. The molecule has 1 rings (SSSR count). The summed E-state index contributed by atoms with van der Waals surface area (Å²) in [6.45, 7) is 2.60. The van der Waals surface area contributed by atoms with Gasteiger partial charge in [-0.3, -0.25) is 4.79 Å². The predicted molar refractivity (Wildman–Crippen MR) is 60.5 cm³/mol. The number of carbonyl (C=O) groups excluding carboxylic acids is 1. The number of rotatable bonds is 5. The van der Waals surface area contributed by atoms with E-state index in [-0.39, 0.29) is 0 Å². The van der Waals surface area contributed by atoms with E-state index in [0.717, 1.165) is 34.9 Å². The number of benzene rings is 1. The largest absolute Gasteiger partial charge is 0.494 e. The van der Waals surface area contributed by atoms with Gasteiger partial charge in [0.2, 0.25) is 0 Å². The van der Waals surface area contributed by atoms with Crippen molar-refractivity contribution < 1.29 is 9.53 Å². The van der Waals surface area contributed by atoms with Crippen LogP contribution in [0.25, 0.3) is 0 Å². The lowest BCUT2D eigenvalue weighted by Crippen LogP contribution is -1.98. The molecule has 0 aliphatic heterocycles. The van der Waals surface area contributed by atoms with Gasteiger partial charge in [-0.05, 0) is 37.1 Å². The van der Waals surface area contributed by atoms with E-state index in [1.54, 1.807) is 6.07 Å². The monoisotopic (exact) mass is 256 g/mol. The minimum Gasteiger partial charge on any atom is -0.494 e. The predicted octanol–water partition coefficient (Wildman–Crippen LogP) is 2.97. The number of hydrogen-bond donors (Lipinski definition) is 0. The molecule has 1 aromatic rings. The zero-order chi connectivity index (χ0) is 10.4. The van der Waals surface area contributed by atoms with Gasteiger partial charge >= 0.3 is 0 Å². The Labute approximate surface area is 92.4 Å². The maximum absolute atomic E-state index is 10.6. The van der Waals surface area contributed by atoms with Gasteiger partial charge in [-0.1, -0.05) is 15.9 Å². The molecule has 0 aliphatic rings. The molecule has 0 radical (unpaired) electrons. The smallest absolute Gasteiger partial charge is 0.150 e. The van der Waals surface area contributed by atoms with Gasteiger partial charge < -0.3 is 4.74 Å². The van der Waals surface area contributed by atoms with Crippen molar-refractivity contribution in [3.63, 3.8) is 0 Å². The normalized spacial score (nSPS) is 9.86. The molecule has 3 heteroatoms. The van der Waals surface area contributed by atoms with Gasteiger partial charge in [0.05, 0.1) is 6.61 Å². The van der Waals surface area contributed by atoms with E-state index < -0.39 is 0 Å². The van der Waals surface area contributed by atoms with Gasteiger partial charge in [-0.25, -0.2) is 0 Å². The van der Waals surface area contributed by atoms with Crippen LogP contribution in [-0.4, -0.2) is 18.2 Å². The first kappa shape index (κ1) is 11.2. The van der Waals surface area contributed by atoms with Crippen molar-refractivity contribution >= 4 is 22.2 Å². The van der Waals surface area contributed by atoms with Crippen molar-refractivity contribution in [1.82, 2.24) is 0 Å². The Kier molecular flexibility index (Phi) is 4.66. The molecular weight excluding hydrogens is 244 g/mol. The van der Waals surface area contributed by atoms with E-state index in [2.05, 4.69) is 15.9 Å². The molecule has 0 atom stereocenters. The topological polar surface area (TPSA) is 26.3 Å². The van der Waals surface area contributed by atoms with Gasteiger partial charge in [0.25, 0.3) is 0 Å². The summed E-state index contributed by atoms with van der Waals surface area (Å²) in [4.78, 5) is 10.6. The van der Waals surface area contributed by atoms with E-state index in [1.807, 2.05) is 19.1 Å². The molecule has 14 heavy (non-hydrogen) atoms. The number of halogens is 1. The van der Waals surface area contributed by atoms with Crippen LogP contribution in [0.2, 0.25) is 0 Å². The first-order valence-corrected chi connectivity index (χ1v) is 5.64. The first-order valence-electron chi connectivity index (χ1n) is 4.52. The van der Waals surface area contributed by atoms with Crippen molar-refractivity contribution in [1.29, 1.82) is 0 Å². The van der Waals surface area contributed by atoms with E-state index >= 15 is 0 Å². The standard InChI is InChI=1S/C11H13BrO2/c1-9-7-11(14-6-2-5-12)4-3-10(9)8-13/h3-4,7-8H,2,5-6H2,1H3. The Morgan fingerprint density at radius 2 is 2.29 bits per heavy atom. The summed E-state index contributed by atoms with van der Waals surface area (Å²) >= 11 is 3.33. The van der Waals surface area contributed by atoms with Crippen molar-refractivity contribution in [3.05, 3.63) is 29.3 Å². The summed E-state index contributed by atoms with van der Waals surface area (Å²) in [6.07, 6.45) is 1.84. The van der Waals surface area contributed by atoms with Crippen LogP contribution in [0.5, 0.6) is 5.75 Å². The highest BCUT2D eigenvalue weighted by Crippen LogP contribution is 2.16. The maximum atomic E-state index is 10.6. The van der Waals surface area contributed by atoms with Crippen LogP contribution in [0.3, 0.4) is 0 Å². The molecular formula is C11H13BrO2. The average molecular weight is 257 g/mol. The summed E-state index contributed by atoms with van der Waals surface area (Å²) in [5.41, 5.74) is 1.68. The third kappa shape index (κ3) is 3.14. The Morgan fingerprint density at radius 3 is 2.86 bits per heavy atom. The maximum Gasteiger partial charge on any atom is 0.150 e. The Hall–Kier alpha value is -0.830. The van der Waals surface area contributed by atoms with E-state index in [9.17, 15) is 4.79 Å². The molecule has 0 aromatic heterocycles. The van der Waals surface area contributed by atoms with Gasteiger partial charge in [0.1, 0.15) is 12.0 Å². The second-order valence-electron chi connectivity index (χ2n) is 3.03. The van der Waals surface area contributed by atoms with Crippen LogP contribution in [0.1, 0.15) is 22.3 Å². The molecule has 0 saturated carbocycles. The Morgan fingerprint density at radius 1 is 1.50 bits per heavy atom. The van der Waals surface area contributed by atoms with Crippen LogP contribution in [0.4, 0.5) is 0 Å². The van der Waals surface area contributed by atoms with Gasteiger partial charge in [0.15, 0.2) is 0 Å². The fourth-order valence-corrected chi connectivity index (χ4v) is 1.34. The highest BCUT2D eigenvalue weighted by atomic mass is 79.9. The van der Waals surface area contributed by atoms with Crippen LogP contribution in [-0.2, 0) is 0 Å². The lowest BCUT2D eigenvalue weighted by atomic mass is 10.1. The number of aryl methyl sites for hydroxylation is 1. The molecule has 2 nitrogen and oxygen atoms in total. The number of ether oxygens (including phenoxy) is 1. The van der Waals surface area contributed by atoms with Crippen LogP contribution >= 0.6 is 15.9 Å². The zero-order valence-corrected chi connectivity index (χ0v) is 9.71. The van der Waals surface area contributed by atoms with Gasteiger partial charge in [-0.2, -0.15) is 0 Å². The number of alkyl halides is 1. The van der Waals surface area contributed by atoms with Crippen LogP contribution in [0, 0.1) is 6.92 Å².